The zero-order valence-electron chi connectivity index (χ0n) is 8.85. The van der Waals surface area contributed by atoms with Gasteiger partial charge in [-0.05, 0) is 24.6 Å². The molecule has 0 saturated heterocycles. The molecule has 1 aromatic heterocycles. The Morgan fingerprint density at radius 2 is 2.07 bits per heavy atom. The van der Waals surface area contributed by atoms with E-state index < -0.39 is 5.92 Å². The molecule has 1 heterocycles. The van der Waals surface area contributed by atoms with E-state index >= 15 is 0 Å². The average molecular weight is 212 g/mol. The molecule has 82 valence electrons. The van der Waals surface area contributed by atoms with Gasteiger partial charge in [0, 0.05) is 31.5 Å². The van der Waals surface area contributed by atoms with Gasteiger partial charge in [0.05, 0.1) is 0 Å². The maximum Gasteiger partial charge on any atom is 0.249 e. The predicted molar refractivity (Wildman–Crippen MR) is 55.4 cm³/mol. The Bertz CT molecular complexity index is 369. The SMILES string of the molecule is CNc1cc(C)cc(C2CC(F)(F)C2)n1. The van der Waals surface area contributed by atoms with Crippen molar-refractivity contribution in [3.8, 4) is 0 Å². The summed E-state index contributed by atoms with van der Waals surface area (Å²) in [6, 6.07) is 3.79. The number of halogens is 2. The topological polar surface area (TPSA) is 24.9 Å². The number of aromatic nitrogens is 1. The first kappa shape index (κ1) is 10.3. The largest absolute Gasteiger partial charge is 0.373 e. The lowest BCUT2D eigenvalue weighted by molar-refractivity contribution is -0.0875. The van der Waals surface area contributed by atoms with Gasteiger partial charge in [-0.1, -0.05) is 0 Å². The Hall–Kier alpha value is -1.19. The van der Waals surface area contributed by atoms with Crippen molar-refractivity contribution in [2.45, 2.75) is 31.6 Å². The van der Waals surface area contributed by atoms with Gasteiger partial charge in [-0.15, -0.1) is 0 Å². The van der Waals surface area contributed by atoms with E-state index in [1.807, 2.05) is 19.1 Å². The molecule has 0 radical (unpaired) electrons. The summed E-state index contributed by atoms with van der Waals surface area (Å²) < 4.78 is 25.4. The van der Waals surface area contributed by atoms with Crippen LogP contribution in [0.25, 0.3) is 0 Å². The lowest BCUT2D eigenvalue weighted by Gasteiger charge is -2.34. The third-order valence-corrected chi connectivity index (χ3v) is 2.75. The van der Waals surface area contributed by atoms with Crippen molar-refractivity contribution in [3.05, 3.63) is 23.4 Å². The summed E-state index contributed by atoms with van der Waals surface area (Å²) in [5.74, 6) is -1.80. The van der Waals surface area contributed by atoms with E-state index in [-0.39, 0.29) is 18.8 Å². The van der Waals surface area contributed by atoms with Crippen LogP contribution in [-0.4, -0.2) is 18.0 Å². The van der Waals surface area contributed by atoms with Gasteiger partial charge in [-0.25, -0.2) is 13.8 Å². The zero-order chi connectivity index (χ0) is 11.1. The molecule has 1 fully saturated rings. The molecule has 0 bridgehead atoms. The van der Waals surface area contributed by atoms with E-state index in [0.29, 0.717) is 0 Å². The van der Waals surface area contributed by atoms with E-state index in [4.69, 9.17) is 0 Å². The highest BCUT2D eigenvalue weighted by Gasteiger charge is 2.46. The summed E-state index contributed by atoms with van der Waals surface area (Å²) >= 11 is 0. The first-order chi connectivity index (χ1) is 7.00. The van der Waals surface area contributed by atoms with Crippen LogP contribution in [0.4, 0.5) is 14.6 Å². The fraction of sp³-hybridized carbons (Fsp3) is 0.545. The first-order valence-corrected chi connectivity index (χ1v) is 5.04. The van der Waals surface area contributed by atoms with E-state index in [9.17, 15) is 8.78 Å². The molecular formula is C11H14F2N2. The molecule has 0 aromatic carbocycles. The lowest BCUT2D eigenvalue weighted by Crippen LogP contribution is -2.34. The van der Waals surface area contributed by atoms with E-state index in [1.165, 1.54) is 0 Å². The Kier molecular flexibility index (Phi) is 2.37. The highest BCUT2D eigenvalue weighted by molar-refractivity contribution is 5.39. The number of nitrogens with zero attached hydrogens (tertiary/aromatic N) is 1. The van der Waals surface area contributed by atoms with E-state index in [2.05, 4.69) is 10.3 Å². The van der Waals surface area contributed by atoms with Crippen LogP contribution >= 0.6 is 0 Å². The molecule has 1 aromatic rings. The van der Waals surface area contributed by atoms with Gasteiger partial charge in [0.15, 0.2) is 0 Å². The van der Waals surface area contributed by atoms with E-state index in [1.54, 1.807) is 7.05 Å². The van der Waals surface area contributed by atoms with Crippen molar-refractivity contribution >= 4 is 5.82 Å². The van der Waals surface area contributed by atoms with Crippen molar-refractivity contribution in [2.75, 3.05) is 12.4 Å². The van der Waals surface area contributed by atoms with Crippen molar-refractivity contribution in [1.29, 1.82) is 0 Å². The molecule has 1 N–H and O–H groups in total. The number of nitrogens with one attached hydrogen (secondary N) is 1. The monoisotopic (exact) mass is 212 g/mol. The van der Waals surface area contributed by atoms with Gasteiger partial charge in [0.1, 0.15) is 5.82 Å². The smallest absolute Gasteiger partial charge is 0.249 e. The van der Waals surface area contributed by atoms with Crippen LogP contribution in [0, 0.1) is 6.92 Å². The highest BCUT2D eigenvalue weighted by Crippen LogP contribution is 2.47. The van der Waals surface area contributed by atoms with Crippen LogP contribution in [-0.2, 0) is 0 Å². The molecule has 2 rings (SSSR count). The average Bonchev–Trinajstić information content (AvgIpc) is 2.13. The fourth-order valence-corrected chi connectivity index (χ4v) is 1.90. The maximum atomic E-state index is 12.7. The number of pyridine rings is 1. The van der Waals surface area contributed by atoms with Crippen molar-refractivity contribution in [1.82, 2.24) is 4.98 Å². The molecule has 4 heteroatoms. The molecule has 2 nitrogen and oxygen atoms in total. The lowest BCUT2D eigenvalue weighted by atomic mass is 9.79. The van der Waals surface area contributed by atoms with Gasteiger partial charge in [0.2, 0.25) is 5.92 Å². The quantitative estimate of drug-likeness (QED) is 0.815. The van der Waals surface area contributed by atoms with E-state index in [0.717, 1.165) is 17.1 Å². The minimum atomic E-state index is -2.48. The molecule has 0 atom stereocenters. The second-order valence-corrected chi connectivity index (χ2v) is 4.17. The Morgan fingerprint density at radius 3 is 2.60 bits per heavy atom. The summed E-state index contributed by atoms with van der Waals surface area (Å²) in [6.45, 7) is 1.95. The molecule has 1 aliphatic carbocycles. The third kappa shape index (κ3) is 2.08. The Balaban J connectivity index is 2.19. The zero-order valence-corrected chi connectivity index (χ0v) is 8.85. The molecular weight excluding hydrogens is 198 g/mol. The minimum Gasteiger partial charge on any atom is -0.373 e. The van der Waals surface area contributed by atoms with Crippen LogP contribution in [0.15, 0.2) is 12.1 Å². The van der Waals surface area contributed by atoms with Gasteiger partial charge in [0.25, 0.3) is 0 Å². The van der Waals surface area contributed by atoms with Crippen molar-refractivity contribution < 1.29 is 8.78 Å². The summed E-state index contributed by atoms with van der Waals surface area (Å²) in [5, 5.41) is 2.93. The van der Waals surface area contributed by atoms with Crippen LogP contribution in [0.5, 0.6) is 0 Å². The molecule has 1 aliphatic rings. The fourth-order valence-electron chi connectivity index (χ4n) is 1.90. The molecule has 0 amide bonds. The van der Waals surface area contributed by atoms with Crippen LogP contribution in [0.1, 0.15) is 30.0 Å². The highest BCUT2D eigenvalue weighted by atomic mass is 19.3. The predicted octanol–water partition coefficient (Wildman–Crippen LogP) is 2.94. The molecule has 1 saturated carbocycles. The summed E-state index contributed by atoms with van der Waals surface area (Å²) in [7, 11) is 1.78. The summed E-state index contributed by atoms with van der Waals surface area (Å²) in [4.78, 5) is 4.30. The second kappa shape index (κ2) is 3.43. The molecule has 0 spiro atoms. The number of aryl methyl sites for hydroxylation is 1. The van der Waals surface area contributed by atoms with Crippen molar-refractivity contribution in [3.63, 3.8) is 0 Å². The Morgan fingerprint density at radius 1 is 1.40 bits per heavy atom. The third-order valence-electron chi connectivity index (χ3n) is 2.75. The normalized spacial score (nSPS) is 19.7. The van der Waals surface area contributed by atoms with Crippen LogP contribution in [0.3, 0.4) is 0 Å². The number of alkyl halides is 2. The number of hydrogen-bond donors (Lipinski definition) is 1. The maximum absolute atomic E-state index is 12.7. The number of hydrogen-bond acceptors (Lipinski definition) is 2. The van der Waals surface area contributed by atoms with Crippen molar-refractivity contribution in [2.24, 2.45) is 0 Å². The summed E-state index contributed by atoms with van der Waals surface area (Å²) in [6.07, 6.45) is -0.126. The number of anilines is 1. The molecule has 15 heavy (non-hydrogen) atoms. The summed E-state index contributed by atoms with van der Waals surface area (Å²) in [5.41, 5.74) is 1.84. The second-order valence-electron chi connectivity index (χ2n) is 4.17. The standard InChI is InChI=1S/C11H14F2N2/c1-7-3-9(15-10(4-7)14-2)8-5-11(12,13)6-8/h3-4,8H,5-6H2,1-2H3,(H,14,15). The minimum absolute atomic E-state index is 0.0629. The van der Waals surface area contributed by atoms with Gasteiger partial charge in [-0.2, -0.15) is 0 Å². The molecule has 0 unspecified atom stereocenters. The molecule has 0 aliphatic heterocycles. The van der Waals surface area contributed by atoms with Crippen LogP contribution < -0.4 is 5.32 Å². The van der Waals surface area contributed by atoms with Gasteiger partial charge >= 0.3 is 0 Å². The van der Waals surface area contributed by atoms with Crippen LogP contribution in [0.2, 0.25) is 0 Å². The first-order valence-electron chi connectivity index (χ1n) is 5.04. The van der Waals surface area contributed by atoms with Gasteiger partial charge < -0.3 is 5.32 Å². The van der Waals surface area contributed by atoms with Gasteiger partial charge in [-0.3, -0.25) is 0 Å². The Labute approximate surface area is 87.7 Å². The number of rotatable bonds is 2.